The quantitative estimate of drug-likeness (QED) is 0.185. The predicted octanol–water partition coefficient (Wildman–Crippen LogP) is 6.36. The Morgan fingerprint density at radius 3 is 1.63 bits per heavy atom. The van der Waals surface area contributed by atoms with E-state index >= 15 is 0 Å². The summed E-state index contributed by atoms with van der Waals surface area (Å²) in [6, 6.07) is 21.0. The molecule has 0 atom stereocenters. The van der Waals surface area contributed by atoms with Crippen molar-refractivity contribution in [2.45, 2.75) is 13.1 Å². The molecule has 0 saturated heterocycles. The second kappa shape index (κ2) is 12.7. The van der Waals surface area contributed by atoms with E-state index in [0.29, 0.717) is 57.9 Å². The first kappa shape index (κ1) is 31.4. The predicted molar refractivity (Wildman–Crippen MR) is 166 cm³/mol. The minimum Gasteiger partial charge on any atom is -0.461 e. The van der Waals surface area contributed by atoms with E-state index in [1.165, 1.54) is 10.6 Å². The molecule has 15 heteroatoms. The highest BCUT2D eigenvalue weighted by atomic mass is 19.4. The molecule has 8 rings (SSSR count). The van der Waals surface area contributed by atoms with Crippen LogP contribution in [-0.4, -0.2) is 63.7 Å². The highest BCUT2D eigenvalue weighted by Crippen LogP contribution is 2.38. The molecule has 2 aliphatic rings. The lowest BCUT2D eigenvalue weighted by Crippen LogP contribution is -2.21. The van der Waals surface area contributed by atoms with Crippen molar-refractivity contribution in [2.75, 3.05) is 26.8 Å². The number of carbonyl (C=O) groups excluding carboxylic acids is 2. The van der Waals surface area contributed by atoms with Crippen molar-refractivity contribution in [2.24, 2.45) is 0 Å². The summed E-state index contributed by atoms with van der Waals surface area (Å²) in [5.74, 6) is 0.824. The van der Waals surface area contributed by atoms with Gasteiger partial charge in [-0.15, -0.1) is 0 Å². The molecule has 2 aromatic carbocycles. The highest BCUT2D eigenvalue weighted by Gasteiger charge is 2.32. The molecule has 0 saturated carbocycles. The van der Waals surface area contributed by atoms with Gasteiger partial charge in [0.15, 0.2) is 41.0 Å². The Bertz CT molecular complexity index is 2210. The fourth-order valence-electron chi connectivity index (χ4n) is 5.29. The number of alkyl halides is 3. The summed E-state index contributed by atoms with van der Waals surface area (Å²) in [6.07, 6.45) is -1.29. The van der Waals surface area contributed by atoms with E-state index in [-0.39, 0.29) is 25.0 Å². The summed E-state index contributed by atoms with van der Waals surface area (Å²) in [7, 11) is 0. The molecule has 0 radical (unpaired) electrons. The molecule has 0 amide bonds. The van der Waals surface area contributed by atoms with E-state index in [0.717, 1.165) is 5.56 Å². The average molecular weight is 675 g/mol. The van der Waals surface area contributed by atoms with Crippen LogP contribution in [0.2, 0.25) is 0 Å². The highest BCUT2D eigenvalue weighted by molar-refractivity contribution is 5.97. The Labute approximate surface area is 275 Å². The molecular formula is C34H25F3N4O8. The molecule has 0 N–H and O–H groups in total. The molecule has 12 nitrogen and oxygen atoms in total. The molecule has 49 heavy (non-hydrogen) atoms. The van der Waals surface area contributed by atoms with Crippen LogP contribution >= 0.6 is 0 Å². The molecule has 0 aliphatic carbocycles. The number of ether oxygens (including phenoxy) is 6. The van der Waals surface area contributed by atoms with Gasteiger partial charge < -0.3 is 28.4 Å². The zero-order valence-electron chi connectivity index (χ0n) is 25.6. The fourth-order valence-corrected chi connectivity index (χ4v) is 5.29. The SMILES string of the molecule is CCOC(=O)c1c(-c2ccc3c(c2)OCO3)nc2ccccn12.O=C(OCC(F)(F)F)c1c(-c2ccc3c(c2)OCO3)nc2ccccn12. The monoisotopic (exact) mass is 674 g/mol. The molecule has 0 spiro atoms. The largest absolute Gasteiger partial charge is 0.461 e. The third-order valence-corrected chi connectivity index (χ3v) is 7.38. The Hall–Kier alpha value is -6.25. The number of rotatable bonds is 6. The first-order chi connectivity index (χ1) is 23.7. The lowest BCUT2D eigenvalue weighted by molar-refractivity contribution is -0.161. The molecule has 6 heterocycles. The van der Waals surface area contributed by atoms with E-state index in [9.17, 15) is 22.8 Å². The van der Waals surface area contributed by atoms with Crippen LogP contribution in [0.5, 0.6) is 23.0 Å². The summed E-state index contributed by atoms with van der Waals surface area (Å²) >= 11 is 0. The van der Waals surface area contributed by atoms with Crippen LogP contribution < -0.4 is 18.9 Å². The number of aromatic nitrogens is 4. The fraction of sp³-hybridized carbons (Fsp3) is 0.176. The molecule has 4 aromatic heterocycles. The van der Waals surface area contributed by atoms with Crippen LogP contribution in [0.3, 0.4) is 0 Å². The maximum Gasteiger partial charge on any atom is 0.422 e. The summed E-state index contributed by atoms with van der Waals surface area (Å²) in [4.78, 5) is 33.7. The summed E-state index contributed by atoms with van der Waals surface area (Å²) in [6.45, 7) is 0.687. The molecule has 0 bridgehead atoms. The minimum atomic E-state index is -4.62. The third-order valence-electron chi connectivity index (χ3n) is 7.38. The maximum absolute atomic E-state index is 12.4. The zero-order valence-corrected chi connectivity index (χ0v) is 25.6. The Morgan fingerprint density at radius 1 is 0.694 bits per heavy atom. The number of pyridine rings is 2. The Balaban J connectivity index is 0.000000155. The van der Waals surface area contributed by atoms with E-state index in [4.69, 9.17) is 23.7 Å². The number of halogens is 3. The number of esters is 2. The number of imidazole rings is 2. The number of nitrogens with zero attached hydrogens (tertiary/aromatic N) is 4. The number of fused-ring (bicyclic) bond motifs is 4. The van der Waals surface area contributed by atoms with Crippen LogP contribution in [0.1, 0.15) is 27.9 Å². The number of benzene rings is 2. The van der Waals surface area contributed by atoms with Crippen molar-refractivity contribution in [3.05, 3.63) is 96.6 Å². The second-order valence-corrected chi connectivity index (χ2v) is 10.5. The van der Waals surface area contributed by atoms with Gasteiger partial charge in [0.25, 0.3) is 0 Å². The van der Waals surface area contributed by atoms with Crippen molar-refractivity contribution in [3.8, 4) is 45.5 Å². The normalized spacial score (nSPS) is 12.9. The first-order valence-electron chi connectivity index (χ1n) is 14.9. The molecule has 0 unspecified atom stereocenters. The topological polar surface area (TPSA) is 124 Å². The smallest absolute Gasteiger partial charge is 0.422 e. The van der Waals surface area contributed by atoms with Gasteiger partial charge in [-0.1, -0.05) is 12.1 Å². The Morgan fingerprint density at radius 2 is 1.16 bits per heavy atom. The van der Waals surface area contributed by atoms with E-state index in [2.05, 4.69) is 14.7 Å². The van der Waals surface area contributed by atoms with E-state index in [1.54, 1.807) is 53.9 Å². The summed E-state index contributed by atoms with van der Waals surface area (Å²) in [5.41, 5.74) is 3.43. The van der Waals surface area contributed by atoms with Gasteiger partial charge in [0.05, 0.1) is 6.61 Å². The van der Waals surface area contributed by atoms with Gasteiger partial charge in [0.1, 0.15) is 22.7 Å². The van der Waals surface area contributed by atoms with Crippen molar-refractivity contribution in [3.63, 3.8) is 0 Å². The molecule has 0 fully saturated rings. The van der Waals surface area contributed by atoms with Crippen molar-refractivity contribution < 1.29 is 51.2 Å². The Kier molecular flexibility index (Phi) is 8.16. The average Bonchev–Trinajstić information content (AvgIpc) is 3.90. The van der Waals surface area contributed by atoms with Gasteiger partial charge in [-0.3, -0.25) is 8.80 Å². The van der Waals surface area contributed by atoms with Crippen LogP contribution in [-0.2, 0) is 9.47 Å². The molecule has 2 aliphatic heterocycles. The third kappa shape index (κ3) is 6.25. The van der Waals surface area contributed by atoms with Crippen molar-refractivity contribution >= 4 is 23.2 Å². The van der Waals surface area contributed by atoms with Gasteiger partial charge in [-0.2, -0.15) is 13.2 Å². The maximum atomic E-state index is 12.4. The van der Waals surface area contributed by atoms with Crippen LogP contribution in [0.4, 0.5) is 13.2 Å². The number of hydrogen-bond acceptors (Lipinski definition) is 10. The van der Waals surface area contributed by atoms with Gasteiger partial charge in [-0.25, -0.2) is 19.6 Å². The van der Waals surface area contributed by atoms with Gasteiger partial charge in [0, 0.05) is 23.5 Å². The summed E-state index contributed by atoms with van der Waals surface area (Å²) < 4.78 is 71.3. The van der Waals surface area contributed by atoms with Gasteiger partial charge >= 0.3 is 18.1 Å². The molecule has 250 valence electrons. The van der Waals surface area contributed by atoms with Crippen LogP contribution in [0, 0.1) is 0 Å². The number of hydrogen-bond donors (Lipinski definition) is 0. The standard InChI is InChI=1S/C17H11F3N2O4.C17H14N2O4/c18-17(19,20)8-24-16(23)15-14(21-13-3-1-2-6-22(13)15)10-4-5-11-12(7-10)26-9-25-11;1-2-21-17(20)16-15(18-14-5-3-4-8-19(14)16)11-6-7-12-13(9-11)23-10-22-12/h1-7H,8-9H2;3-9H,2,10H2,1H3. The minimum absolute atomic E-state index is 0.0738. The van der Waals surface area contributed by atoms with Gasteiger partial charge in [-0.05, 0) is 67.6 Å². The lowest BCUT2D eigenvalue weighted by Gasteiger charge is -2.09. The van der Waals surface area contributed by atoms with E-state index in [1.807, 2.05) is 36.4 Å². The zero-order chi connectivity index (χ0) is 34.1. The summed E-state index contributed by atoms with van der Waals surface area (Å²) in [5, 5.41) is 0. The first-order valence-corrected chi connectivity index (χ1v) is 14.9. The van der Waals surface area contributed by atoms with Crippen LogP contribution in [0.15, 0.2) is 85.2 Å². The second-order valence-electron chi connectivity index (χ2n) is 10.5. The lowest BCUT2D eigenvalue weighted by atomic mass is 10.1. The van der Waals surface area contributed by atoms with Gasteiger partial charge in [0.2, 0.25) is 13.6 Å². The van der Waals surface area contributed by atoms with Crippen molar-refractivity contribution in [1.82, 2.24) is 18.8 Å². The van der Waals surface area contributed by atoms with E-state index < -0.39 is 24.7 Å². The van der Waals surface area contributed by atoms with Crippen molar-refractivity contribution in [1.29, 1.82) is 0 Å². The molecular weight excluding hydrogens is 649 g/mol. The number of carbonyl (C=O) groups is 2. The molecule has 6 aromatic rings. The van der Waals surface area contributed by atoms with Crippen LogP contribution in [0.25, 0.3) is 33.8 Å².